The lowest BCUT2D eigenvalue weighted by Crippen LogP contribution is -2.37. The Hall–Kier alpha value is -1.13. The minimum atomic E-state index is 0.179. The van der Waals surface area contributed by atoms with Crippen molar-refractivity contribution >= 4 is 33.2 Å². The lowest BCUT2D eigenvalue weighted by molar-refractivity contribution is -0.132. The fourth-order valence-electron chi connectivity index (χ4n) is 2.04. The Morgan fingerprint density at radius 3 is 2.45 bits per heavy atom. The SMILES string of the molecule is CC(C)N(Cc1ccccc1)C(=O)Cc1ccc(Br)s1. The molecule has 1 aromatic carbocycles. The van der Waals surface area contributed by atoms with Crippen LogP contribution in [0, 0.1) is 0 Å². The molecule has 0 unspecified atom stereocenters. The van der Waals surface area contributed by atoms with Crippen LogP contribution < -0.4 is 0 Å². The van der Waals surface area contributed by atoms with Crippen molar-refractivity contribution in [2.45, 2.75) is 32.9 Å². The lowest BCUT2D eigenvalue weighted by atomic mass is 10.1. The molecule has 1 amide bonds. The van der Waals surface area contributed by atoms with Crippen LogP contribution in [-0.4, -0.2) is 16.8 Å². The van der Waals surface area contributed by atoms with Gasteiger partial charge in [0.15, 0.2) is 0 Å². The summed E-state index contributed by atoms with van der Waals surface area (Å²) >= 11 is 5.06. The van der Waals surface area contributed by atoms with Crippen molar-refractivity contribution in [3.8, 4) is 0 Å². The fourth-order valence-corrected chi connectivity index (χ4v) is 3.51. The first-order valence-electron chi connectivity index (χ1n) is 6.64. The highest BCUT2D eigenvalue weighted by atomic mass is 79.9. The van der Waals surface area contributed by atoms with Crippen LogP contribution in [0.15, 0.2) is 46.3 Å². The van der Waals surface area contributed by atoms with E-state index in [0.717, 1.165) is 8.66 Å². The number of carbonyl (C=O) groups excluding carboxylic acids is 1. The van der Waals surface area contributed by atoms with Gasteiger partial charge in [-0.3, -0.25) is 4.79 Å². The number of halogens is 1. The van der Waals surface area contributed by atoms with Gasteiger partial charge in [0.1, 0.15) is 0 Å². The molecule has 0 saturated carbocycles. The zero-order valence-corrected chi connectivity index (χ0v) is 14.1. The Labute approximate surface area is 132 Å². The Kier molecular flexibility index (Phi) is 5.38. The van der Waals surface area contributed by atoms with Crippen LogP contribution in [0.1, 0.15) is 24.3 Å². The summed E-state index contributed by atoms with van der Waals surface area (Å²) in [4.78, 5) is 15.5. The summed E-state index contributed by atoms with van der Waals surface area (Å²) in [7, 11) is 0. The van der Waals surface area contributed by atoms with E-state index in [4.69, 9.17) is 0 Å². The number of carbonyl (C=O) groups is 1. The van der Waals surface area contributed by atoms with E-state index in [2.05, 4.69) is 41.9 Å². The van der Waals surface area contributed by atoms with Gasteiger partial charge in [0, 0.05) is 17.5 Å². The summed E-state index contributed by atoms with van der Waals surface area (Å²) in [5.41, 5.74) is 1.17. The highest BCUT2D eigenvalue weighted by Gasteiger charge is 2.18. The summed E-state index contributed by atoms with van der Waals surface area (Å²) in [6, 6.07) is 14.3. The van der Waals surface area contributed by atoms with E-state index in [1.165, 1.54) is 5.56 Å². The molecular formula is C16H18BrNOS. The van der Waals surface area contributed by atoms with Crippen molar-refractivity contribution in [3.05, 3.63) is 56.7 Å². The average Bonchev–Trinajstić information content (AvgIpc) is 2.82. The molecule has 20 heavy (non-hydrogen) atoms. The predicted octanol–water partition coefficient (Wildman–Crippen LogP) is 4.49. The zero-order chi connectivity index (χ0) is 14.5. The topological polar surface area (TPSA) is 20.3 Å². The first-order chi connectivity index (χ1) is 9.56. The number of hydrogen-bond acceptors (Lipinski definition) is 2. The number of rotatable bonds is 5. The second kappa shape index (κ2) is 7.04. The van der Waals surface area contributed by atoms with Crippen molar-refractivity contribution in [1.82, 2.24) is 4.90 Å². The molecule has 1 aromatic heterocycles. The molecule has 0 atom stereocenters. The van der Waals surface area contributed by atoms with E-state index in [-0.39, 0.29) is 11.9 Å². The molecular weight excluding hydrogens is 334 g/mol. The number of hydrogen-bond donors (Lipinski definition) is 0. The molecule has 0 aliphatic carbocycles. The van der Waals surface area contributed by atoms with Crippen LogP contribution in [0.3, 0.4) is 0 Å². The third-order valence-electron chi connectivity index (χ3n) is 3.09. The Morgan fingerprint density at radius 2 is 1.90 bits per heavy atom. The molecule has 4 heteroatoms. The molecule has 0 aliphatic rings. The Balaban J connectivity index is 2.06. The molecule has 0 radical (unpaired) electrons. The monoisotopic (exact) mass is 351 g/mol. The first kappa shape index (κ1) is 15.3. The molecule has 2 rings (SSSR count). The highest BCUT2D eigenvalue weighted by Crippen LogP contribution is 2.23. The molecule has 0 spiro atoms. The van der Waals surface area contributed by atoms with Gasteiger partial charge in [-0.15, -0.1) is 11.3 Å². The summed E-state index contributed by atoms with van der Waals surface area (Å²) in [6.45, 7) is 4.79. The second-order valence-corrected chi connectivity index (χ2v) is 7.53. The summed E-state index contributed by atoms with van der Waals surface area (Å²) < 4.78 is 1.07. The smallest absolute Gasteiger partial charge is 0.228 e. The minimum absolute atomic E-state index is 0.179. The number of nitrogens with zero attached hydrogens (tertiary/aromatic N) is 1. The van der Waals surface area contributed by atoms with Gasteiger partial charge in [-0.25, -0.2) is 0 Å². The van der Waals surface area contributed by atoms with E-state index in [1.807, 2.05) is 35.2 Å². The van der Waals surface area contributed by atoms with Crippen molar-refractivity contribution < 1.29 is 4.79 Å². The van der Waals surface area contributed by atoms with E-state index in [0.29, 0.717) is 13.0 Å². The van der Waals surface area contributed by atoms with Crippen LogP contribution in [-0.2, 0) is 17.8 Å². The zero-order valence-electron chi connectivity index (χ0n) is 11.7. The van der Waals surface area contributed by atoms with Crippen molar-refractivity contribution in [1.29, 1.82) is 0 Å². The number of benzene rings is 1. The standard InChI is InChI=1S/C16H18BrNOS/c1-12(2)18(11-13-6-4-3-5-7-13)16(19)10-14-8-9-15(17)20-14/h3-9,12H,10-11H2,1-2H3. The van der Waals surface area contributed by atoms with Crippen LogP contribution >= 0.6 is 27.3 Å². The van der Waals surface area contributed by atoms with Crippen LogP contribution in [0.5, 0.6) is 0 Å². The third kappa shape index (κ3) is 4.18. The Bertz CT molecular complexity index is 565. The van der Waals surface area contributed by atoms with Gasteiger partial charge in [-0.1, -0.05) is 30.3 Å². The summed E-state index contributed by atoms with van der Waals surface area (Å²) in [5.74, 6) is 0.179. The van der Waals surface area contributed by atoms with Crippen molar-refractivity contribution in [3.63, 3.8) is 0 Å². The lowest BCUT2D eigenvalue weighted by Gasteiger charge is -2.27. The highest BCUT2D eigenvalue weighted by molar-refractivity contribution is 9.11. The van der Waals surface area contributed by atoms with Crippen LogP contribution in [0.4, 0.5) is 0 Å². The summed E-state index contributed by atoms with van der Waals surface area (Å²) in [5, 5.41) is 0. The van der Waals surface area contributed by atoms with Gasteiger partial charge in [0.05, 0.1) is 10.2 Å². The first-order valence-corrected chi connectivity index (χ1v) is 8.25. The van der Waals surface area contributed by atoms with Gasteiger partial charge < -0.3 is 4.90 Å². The molecule has 0 bridgehead atoms. The maximum atomic E-state index is 12.5. The molecule has 0 saturated heterocycles. The molecule has 0 fully saturated rings. The average molecular weight is 352 g/mol. The second-order valence-electron chi connectivity index (χ2n) is 4.98. The van der Waals surface area contributed by atoms with Gasteiger partial charge in [0.25, 0.3) is 0 Å². The maximum Gasteiger partial charge on any atom is 0.228 e. The normalized spacial score (nSPS) is 10.8. The van der Waals surface area contributed by atoms with Gasteiger partial charge in [-0.05, 0) is 47.5 Å². The Morgan fingerprint density at radius 1 is 1.20 bits per heavy atom. The molecule has 2 aromatic rings. The van der Waals surface area contributed by atoms with Gasteiger partial charge in [0.2, 0.25) is 5.91 Å². The molecule has 1 heterocycles. The van der Waals surface area contributed by atoms with Crippen LogP contribution in [0.25, 0.3) is 0 Å². The minimum Gasteiger partial charge on any atom is -0.336 e. The van der Waals surface area contributed by atoms with E-state index in [1.54, 1.807) is 11.3 Å². The quantitative estimate of drug-likeness (QED) is 0.776. The van der Waals surface area contributed by atoms with E-state index >= 15 is 0 Å². The number of thiophene rings is 1. The van der Waals surface area contributed by atoms with Gasteiger partial charge >= 0.3 is 0 Å². The van der Waals surface area contributed by atoms with E-state index < -0.39 is 0 Å². The van der Waals surface area contributed by atoms with E-state index in [9.17, 15) is 4.79 Å². The summed E-state index contributed by atoms with van der Waals surface area (Å²) in [6.07, 6.45) is 0.473. The predicted molar refractivity (Wildman–Crippen MR) is 87.9 cm³/mol. The van der Waals surface area contributed by atoms with Crippen molar-refractivity contribution in [2.24, 2.45) is 0 Å². The molecule has 0 aliphatic heterocycles. The van der Waals surface area contributed by atoms with Crippen LogP contribution in [0.2, 0.25) is 0 Å². The maximum absolute atomic E-state index is 12.5. The molecule has 2 nitrogen and oxygen atoms in total. The molecule has 106 valence electrons. The number of amides is 1. The largest absolute Gasteiger partial charge is 0.336 e. The van der Waals surface area contributed by atoms with Gasteiger partial charge in [-0.2, -0.15) is 0 Å². The van der Waals surface area contributed by atoms with Crippen molar-refractivity contribution in [2.75, 3.05) is 0 Å². The fraction of sp³-hybridized carbons (Fsp3) is 0.312. The third-order valence-corrected chi connectivity index (χ3v) is 4.72. The molecule has 0 N–H and O–H groups in total.